The molecule has 0 amide bonds. The summed E-state index contributed by atoms with van der Waals surface area (Å²) in [6.07, 6.45) is -2.98. The predicted molar refractivity (Wildman–Crippen MR) is 99.1 cm³/mol. The van der Waals surface area contributed by atoms with Gasteiger partial charge in [0.15, 0.2) is 0 Å². The molecule has 0 aliphatic carbocycles. The lowest BCUT2D eigenvalue weighted by atomic mass is 10.1. The molecule has 3 aromatic rings. The molecule has 0 bridgehead atoms. The van der Waals surface area contributed by atoms with Gasteiger partial charge in [0.05, 0.1) is 22.2 Å². The third-order valence-corrected chi connectivity index (χ3v) is 4.28. The molecular weight excluding hydrogens is 398 g/mol. The maximum Gasteiger partial charge on any atom is 0.416 e. The van der Waals surface area contributed by atoms with E-state index in [2.05, 4.69) is 0 Å². The quantitative estimate of drug-likeness (QED) is 0.425. The van der Waals surface area contributed by atoms with Crippen LogP contribution >= 0.6 is 23.2 Å². The first-order chi connectivity index (χ1) is 12.8. The van der Waals surface area contributed by atoms with Crippen LogP contribution in [0.4, 0.5) is 13.2 Å². The molecule has 0 unspecified atom stereocenters. The van der Waals surface area contributed by atoms with Crippen LogP contribution in [0, 0.1) is 11.3 Å². The molecule has 0 saturated heterocycles. The Morgan fingerprint density at radius 2 is 1.81 bits per heavy atom. The average Bonchev–Trinajstić information content (AvgIpc) is 3.08. The second-order valence-electron chi connectivity index (χ2n) is 5.57. The molecule has 0 saturated carbocycles. The minimum atomic E-state index is -4.44. The fourth-order valence-corrected chi connectivity index (χ4v) is 2.97. The summed E-state index contributed by atoms with van der Waals surface area (Å²) >= 11 is 12.0. The number of furan rings is 1. The van der Waals surface area contributed by atoms with Crippen LogP contribution in [0.15, 0.2) is 59.0 Å². The molecule has 2 nitrogen and oxygen atoms in total. The molecule has 0 aliphatic heterocycles. The van der Waals surface area contributed by atoms with Crippen LogP contribution in [0.25, 0.3) is 23.0 Å². The minimum absolute atomic E-state index is 0.238. The van der Waals surface area contributed by atoms with Gasteiger partial charge in [0, 0.05) is 16.1 Å². The lowest BCUT2D eigenvalue weighted by Crippen LogP contribution is -2.04. The smallest absolute Gasteiger partial charge is 0.416 e. The van der Waals surface area contributed by atoms with Crippen molar-refractivity contribution in [1.82, 2.24) is 0 Å². The first-order valence-corrected chi connectivity index (χ1v) is 8.38. The van der Waals surface area contributed by atoms with Crippen LogP contribution in [0.5, 0.6) is 0 Å². The molecule has 0 atom stereocenters. The van der Waals surface area contributed by atoms with Crippen molar-refractivity contribution in [2.45, 2.75) is 6.18 Å². The van der Waals surface area contributed by atoms with E-state index in [0.717, 1.165) is 12.1 Å². The predicted octanol–water partition coefficient (Wildman–Crippen LogP) is 7.34. The SMILES string of the molecule is N#CC(=Cc1ccc(-c2cccc(C(F)(F)F)c2)o1)c1ccc(Cl)cc1Cl. The van der Waals surface area contributed by atoms with Gasteiger partial charge < -0.3 is 4.42 Å². The van der Waals surface area contributed by atoms with E-state index in [4.69, 9.17) is 27.6 Å². The molecule has 0 spiro atoms. The first-order valence-electron chi connectivity index (χ1n) is 7.62. The van der Waals surface area contributed by atoms with Crippen molar-refractivity contribution in [3.63, 3.8) is 0 Å². The Kier molecular flexibility index (Phi) is 5.31. The average molecular weight is 408 g/mol. The maximum absolute atomic E-state index is 12.9. The third-order valence-electron chi connectivity index (χ3n) is 3.73. The Balaban J connectivity index is 1.96. The van der Waals surface area contributed by atoms with E-state index in [9.17, 15) is 18.4 Å². The summed E-state index contributed by atoms with van der Waals surface area (Å²) in [4.78, 5) is 0. The van der Waals surface area contributed by atoms with Crippen molar-refractivity contribution in [2.24, 2.45) is 0 Å². The van der Waals surface area contributed by atoms with Crippen LogP contribution in [0.2, 0.25) is 10.0 Å². The topological polar surface area (TPSA) is 36.9 Å². The van der Waals surface area contributed by atoms with Crippen LogP contribution < -0.4 is 0 Å². The molecule has 136 valence electrons. The highest BCUT2D eigenvalue weighted by Crippen LogP contribution is 2.33. The zero-order chi connectivity index (χ0) is 19.6. The lowest BCUT2D eigenvalue weighted by Gasteiger charge is -2.07. The third kappa shape index (κ3) is 4.36. The normalized spacial score (nSPS) is 12.1. The Bertz CT molecular complexity index is 1060. The zero-order valence-electron chi connectivity index (χ0n) is 13.5. The van der Waals surface area contributed by atoms with Gasteiger partial charge in [-0.25, -0.2) is 0 Å². The van der Waals surface area contributed by atoms with Gasteiger partial charge in [-0.3, -0.25) is 0 Å². The maximum atomic E-state index is 12.9. The van der Waals surface area contributed by atoms with Crippen LogP contribution in [0.1, 0.15) is 16.9 Å². The van der Waals surface area contributed by atoms with E-state index in [1.165, 1.54) is 24.3 Å². The van der Waals surface area contributed by atoms with Crippen LogP contribution in [0.3, 0.4) is 0 Å². The summed E-state index contributed by atoms with van der Waals surface area (Å²) in [6.45, 7) is 0. The standard InChI is InChI=1S/C20H10Cl2F3NO/c21-15-4-6-17(18(22)10-15)13(11-26)9-16-5-7-19(27-16)12-2-1-3-14(8-12)20(23,24)25/h1-10H. The second kappa shape index (κ2) is 7.51. The van der Waals surface area contributed by atoms with E-state index in [1.807, 2.05) is 6.07 Å². The summed E-state index contributed by atoms with van der Waals surface area (Å²) in [6, 6.07) is 14.7. The molecule has 0 N–H and O–H groups in total. The highest BCUT2D eigenvalue weighted by atomic mass is 35.5. The van der Waals surface area contributed by atoms with Gasteiger partial charge in [0.2, 0.25) is 0 Å². The summed E-state index contributed by atoms with van der Waals surface area (Å²) in [5.41, 5.74) is 0.230. The summed E-state index contributed by atoms with van der Waals surface area (Å²) < 4.78 is 44.2. The molecule has 1 heterocycles. The fourth-order valence-electron chi connectivity index (χ4n) is 2.45. The summed E-state index contributed by atoms with van der Waals surface area (Å²) in [5, 5.41) is 10.1. The van der Waals surface area contributed by atoms with Gasteiger partial charge in [-0.1, -0.05) is 41.4 Å². The Morgan fingerprint density at radius 3 is 2.48 bits per heavy atom. The minimum Gasteiger partial charge on any atom is -0.457 e. The number of halogens is 5. The Labute approximate surface area is 163 Å². The Morgan fingerprint density at radius 1 is 1.04 bits per heavy atom. The van der Waals surface area contributed by atoms with Crippen LogP contribution in [-0.4, -0.2) is 0 Å². The summed E-state index contributed by atoms with van der Waals surface area (Å²) in [5.74, 6) is 0.567. The number of allylic oxidation sites excluding steroid dienone is 1. The first kappa shape index (κ1) is 19.1. The van der Waals surface area contributed by atoms with Gasteiger partial charge >= 0.3 is 6.18 Å². The largest absolute Gasteiger partial charge is 0.457 e. The van der Waals surface area contributed by atoms with Gasteiger partial charge in [-0.15, -0.1) is 0 Å². The van der Waals surface area contributed by atoms with Crippen molar-refractivity contribution in [3.05, 3.63) is 81.5 Å². The zero-order valence-corrected chi connectivity index (χ0v) is 15.0. The van der Waals surface area contributed by atoms with E-state index in [-0.39, 0.29) is 16.9 Å². The molecule has 0 radical (unpaired) electrons. The number of hydrogen-bond donors (Lipinski definition) is 0. The van der Waals surface area contributed by atoms with Crippen LogP contribution in [-0.2, 0) is 6.18 Å². The van der Waals surface area contributed by atoms with Gasteiger partial charge in [0.1, 0.15) is 11.5 Å². The number of alkyl halides is 3. The van der Waals surface area contributed by atoms with Gasteiger partial charge in [-0.2, -0.15) is 18.4 Å². The fraction of sp³-hybridized carbons (Fsp3) is 0.0500. The molecular formula is C20H10Cl2F3NO. The summed E-state index contributed by atoms with van der Waals surface area (Å²) in [7, 11) is 0. The van der Waals surface area contributed by atoms with Crippen molar-refractivity contribution in [3.8, 4) is 17.4 Å². The molecule has 27 heavy (non-hydrogen) atoms. The molecule has 7 heteroatoms. The van der Waals surface area contributed by atoms with E-state index < -0.39 is 11.7 Å². The number of nitriles is 1. The van der Waals surface area contributed by atoms with Crippen molar-refractivity contribution < 1.29 is 17.6 Å². The van der Waals surface area contributed by atoms with Gasteiger partial charge in [-0.05, 0) is 42.5 Å². The van der Waals surface area contributed by atoms with E-state index in [0.29, 0.717) is 21.4 Å². The number of benzene rings is 2. The number of hydrogen-bond acceptors (Lipinski definition) is 2. The number of rotatable bonds is 3. The van der Waals surface area contributed by atoms with Crippen molar-refractivity contribution in [2.75, 3.05) is 0 Å². The molecule has 0 aliphatic rings. The Hall–Kier alpha value is -2.68. The van der Waals surface area contributed by atoms with E-state index >= 15 is 0 Å². The molecule has 3 rings (SSSR count). The highest BCUT2D eigenvalue weighted by Gasteiger charge is 2.30. The molecule has 1 aromatic heterocycles. The monoisotopic (exact) mass is 407 g/mol. The van der Waals surface area contributed by atoms with Crippen molar-refractivity contribution in [1.29, 1.82) is 5.26 Å². The highest BCUT2D eigenvalue weighted by molar-refractivity contribution is 6.36. The molecule has 0 fully saturated rings. The number of nitrogens with zero attached hydrogens (tertiary/aromatic N) is 1. The van der Waals surface area contributed by atoms with E-state index in [1.54, 1.807) is 24.3 Å². The van der Waals surface area contributed by atoms with Gasteiger partial charge in [0.25, 0.3) is 0 Å². The molecule has 2 aromatic carbocycles. The van der Waals surface area contributed by atoms with Crippen molar-refractivity contribution >= 4 is 34.9 Å². The second-order valence-corrected chi connectivity index (χ2v) is 6.42. The lowest BCUT2D eigenvalue weighted by molar-refractivity contribution is -0.137.